The number of unbranched alkanes of at least 4 members (excludes halogenated alkanes) is 1. The van der Waals surface area contributed by atoms with Gasteiger partial charge in [-0.25, -0.2) is 0 Å². The molecule has 2 bridgehead atoms. The first-order valence-corrected chi connectivity index (χ1v) is 17.3. The fourth-order valence-electron chi connectivity index (χ4n) is 7.53. The molecule has 260 valence electrons. The molecule has 12 nitrogen and oxygen atoms in total. The smallest absolute Gasteiger partial charge is 0.246 e. The van der Waals surface area contributed by atoms with E-state index in [9.17, 15) is 24.3 Å². The molecule has 2 aromatic rings. The lowest BCUT2D eigenvalue weighted by Gasteiger charge is -2.56. The van der Waals surface area contributed by atoms with Crippen molar-refractivity contribution in [2.24, 2.45) is 11.5 Å². The largest absolute Gasteiger partial charge is 0.395 e. The molecule has 0 spiro atoms. The molecule has 0 radical (unpaired) electrons. The number of benzene rings is 2. The van der Waals surface area contributed by atoms with Crippen molar-refractivity contribution in [3.05, 3.63) is 71.8 Å². The Hall–Kier alpha value is -3.84. The summed E-state index contributed by atoms with van der Waals surface area (Å²) in [5.41, 5.74) is 13.8. The predicted octanol–water partition coefficient (Wildman–Crippen LogP) is 0.165. The van der Waals surface area contributed by atoms with Gasteiger partial charge < -0.3 is 37.0 Å². The quantitative estimate of drug-likeness (QED) is 0.158. The number of likely N-dealkylation sites (tertiary alicyclic amines) is 1. The summed E-state index contributed by atoms with van der Waals surface area (Å²) in [5.74, 6) is -1.29. The lowest BCUT2D eigenvalue weighted by Crippen LogP contribution is -2.71. The zero-order chi connectivity index (χ0) is 34.2. The second-order valence-corrected chi connectivity index (χ2v) is 13.5. The molecule has 7 atom stereocenters. The number of piperazine rings is 1. The second-order valence-electron chi connectivity index (χ2n) is 13.5. The SMILES string of the molecule is CC1CC(NC(=O)C(Cc2ccccc2)NC(=O)C(N)Cc2ccccc2)C(=O)N1C(CCCCN)C(=O)N1CC2CC(C1)N2CCO. The second kappa shape index (κ2) is 16.5. The first-order chi connectivity index (χ1) is 23.2. The molecule has 0 aliphatic carbocycles. The molecule has 4 aliphatic rings. The number of hydrogen-bond donors (Lipinski definition) is 5. The minimum absolute atomic E-state index is 0.0702. The molecule has 4 aliphatic heterocycles. The molecular formula is C36H51N7O5. The van der Waals surface area contributed by atoms with Crippen molar-refractivity contribution in [3.63, 3.8) is 0 Å². The summed E-state index contributed by atoms with van der Waals surface area (Å²) in [4.78, 5) is 60.9. The lowest BCUT2D eigenvalue weighted by atomic mass is 9.87. The molecule has 4 heterocycles. The Bertz CT molecular complexity index is 1380. The summed E-state index contributed by atoms with van der Waals surface area (Å²) in [6.07, 6.45) is 3.83. The van der Waals surface area contributed by atoms with Crippen molar-refractivity contribution in [1.29, 1.82) is 0 Å². The van der Waals surface area contributed by atoms with Crippen molar-refractivity contribution in [3.8, 4) is 0 Å². The highest BCUT2D eigenvalue weighted by Crippen LogP contribution is 2.33. The summed E-state index contributed by atoms with van der Waals surface area (Å²) in [6.45, 7) is 4.25. The number of carbonyl (C=O) groups is 4. The monoisotopic (exact) mass is 661 g/mol. The number of aliphatic hydroxyl groups excluding tert-OH is 1. The molecule has 2 aromatic carbocycles. The predicted molar refractivity (Wildman–Crippen MR) is 182 cm³/mol. The van der Waals surface area contributed by atoms with Gasteiger partial charge in [0.15, 0.2) is 0 Å². The minimum atomic E-state index is -0.956. The van der Waals surface area contributed by atoms with Crippen molar-refractivity contribution in [1.82, 2.24) is 25.3 Å². The van der Waals surface area contributed by atoms with Crippen LogP contribution in [0.15, 0.2) is 60.7 Å². The van der Waals surface area contributed by atoms with Gasteiger partial charge in [0.1, 0.15) is 18.1 Å². The first-order valence-electron chi connectivity index (χ1n) is 17.3. The maximum absolute atomic E-state index is 14.0. The summed E-state index contributed by atoms with van der Waals surface area (Å²) >= 11 is 0. The normalized spacial score (nSPS) is 24.0. The number of carbonyl (C=O) groups excluding carboxylic acids is 4. The van der Waals surface area contributed by atoms with Crippen molar-refractivity contribution >= 4 is 23.6 Å². The van der Waals surface area contributed by atoms with Crippen LogP contribution in [0.2, 0.25) is 0 Å². The highest BCUT2D eigenvalue weighted by molar-refractivity contribution is 5.96. The van der Waals surface area contributed by atoms with E-state index in [0.717, 1.165) is 24.0 Å². The van der Waals surface area contributed by atoms with Gasteiger partial charge in [-0.05, 0) is 63.1 Å². The van der Waals surface area contributed by atoms with Crippen LogP contribution in [0.1, 0.15) is 50.2 Å². The van der Waals surface area contributed by atoms with Crippen LogP contribution < -0.4 is 22.1 Å². The maximum Gasteiger partial charge on any atom is 0.246 e. The van der Waals surface area contributed by atoms with E-state index in [4.69, 9.17) is 11.5 Å². The van der Waals surface area contributed by atoms with Gasteiger partial charge in [-0.15, -0.1) is 0 Å². The van der Waals surface area contributed by atoms with Gasteiger partial charge >= 0.3 is 0 Å². The number of nitrogens with two attached hydrogens (primary N) is 2. The highest BCUT2D eigenvalue weighted by atomic mass is 16.3. The number of nitrogens with one attached hydrogen (secondary N) is 2. The fourth-order valence-corrected chi connectivity index (χ4v) is 7.53. The van der Waals surface area contributed by atoms with Crippen molar-refractivity contribution < 1.29 is 24.3 Å². The Morgan fingerprint density at radius 1 is 0.917 bits per heavy atom. The summed E-state index contributed by atoms with van der Waals surface area (Å²) < 4.78 is 0. The Balaban J connectivity index is 1.27. The zero-order valence-electron chi connectivity index (χ0n) is 27.9. The number of aliphatic hydroxyl groups is 1. The van der Waals surface area contributed by atoms with E-state index in [1.807, 2.05) is 72.5 Å². The molecule has 0 aromatic heterocycles. The summed E-state index contributed by atoms with van der Waals surface area (Å²) in [7, 11) is 0. The number of hydrogen-bond acceptors (Lipinski definition) is 8. The standard InChI is InChI=1S/C36H51N7O5/c1-24-18-31(35(47)43(24)32(14-8-9-15-37)36(48)41-22-27-21-28(23-41)42(27)16-17-44)40-34(46)30(20-26-12-6-3-7-13-26)39-33(45)29(38)19-25-10-4-2-5-11-25/h2-7,10-13,24,27-32,44H,8-9,14-23,37-38H2,1H3,(H,39,45)(H,40,46). The number of amides is 4. The van der Waals surface area contributed by atoms with Gasteiger partial charge in [0.05, 0.1) is 12.6 Å². The topological polar surface area (TPSA) is 174 Å². The lowest BCUT2D eigenvalue weighted by molar-refractivity contribution is -0.155. The van der Waals surface area contributed by atoms with E-state index in [-0.39, 0.29) is 43.0 Å². The number of rotatable bonds is 16. The molecule has 7 N–H and O–H groups in total. The van der Waals surface area contributed by atoms with E-state index in [0.29, 0.717) is 51.9 Å². The van der Waals surface area contributed by atoms with Crippen LogP contribution in [0.3, 0.4) is 0 Å². The third-order valence-corrected chi connectivity index (χ3v) is 10.0. The van der Waals surface area contributed by atoms with Crippen LogP contribution in [0.4, 0.5) is 0 Å². The van der Waals surface area contributed by atoms with E-state index in [2.05, 4.69) is 15.5 Å². The molecular weight excluding hydrogens is 610 g/mol. The molecule has 12 heteroatoms. The van der Waals surface area contributed by atoms with Crippen molar-refractivity contribution in [2.45, 2.75) is 94.2 Å². The van der Waals surface area contributed by atoms with Crippen LogP contribution in [0.25, 0.3) is 0 Å². The van der Waals surface area contributed by atoms with Gasteiger partial charge in [0.25, 0.3) is 0 Å². The fraction of sp³-hybridized carbons (Fsp3) is 0.556. The Kier molecular flexibility index (Phi) is 12.2. The van der Waals surface area contributed by atoms with Crippen LogP contribution >= 0.6 is 0 Å². The van der Waals surface area contributed by atoms with Gasteiger partial charge in [-0.2, -0.15) is 0 Å². The minimum Gasteiger partial charge on any atom is -0.395 e. The molecule has 7 unspecified atom stereocenters. The van der Waals surface area contributed by atoms with Crippen LogP contribution in [-0.4, -0.2) is 119 Å². The molecule has 48 heavy (non-hydrogen) atoms. The van der Waals surface area contributed by atoms with Crippen LogP contribution in [-0.2, 0) is 32.0 Å². The van der Waals surface area contributed by atoms with Gasteiger partial charge in [0, 0.05) is 44.2 Å². The van der Waals surface area contributed by atoms with E-state index < -0.39 is 36.0 Å². The molecule has 4 saturated heterocycles. The Morgan fingerprint density at radius 2 is 1.54 bits per heavy atom. The third-order valence-electron chi connectivity index (χ3n) is 10.0. The van der Waals surface area contributed by atoms with Crippen LogP contribution in [0.5, 0.6) is 0 Å². The molecule has 0 saturated carbocycles. The molecule has 6 rings (SSSR count). The highest BCUT2D eigenvalue weighted by Gasteiger charge is 2.49. The van der Waals surface area contributed by atoms with E-state index >= 15 is 0 Å². The maximum atomic E-state index is 14.0. The first kappa shape index (κ1) is 35.5. The average molecular weight is 662 g/mol. The number of piperidine rings is 1. The van der Waals surface area contributed by atoms with Crippen LogP contribution in [0, 0.1) is 0 Å². The number of fused-ring (bicyclic) bond motifs is 2. The molecule has 4 fully saturated rings. The summed E-state index contributed by atoms with van der Waals surface area (Å²) in [6, 6.07) is 15.7. The molecule has 4 amide bonds. The average Bonchev–Trinajstić information content (AvgIpc) is 3.37. The van der Waals surface area contributed by atoms with Gasteiger partial charge in [0.2, 0.25) is 23.6 Å². The van der Waals surface area contributed by atoms with E-state index in [1.54, 1.807) is 4.90 Å². The Labute approximate surface area is 283 Å². The number of nitrogens with zero attached hydrogens (tertiary/aromatic N) is 3. The third kappa shape index (κ3) is 8.41. The van der Waals surface area contributed by atoms with Gasteiger partial charge in [-0.3, -0.25) is 24.1 Å². The van der Waals surface area contributed by atoms with Gasteiger partial charge in [-0.1, -0.05) is 60.7 Å². The Morgan fingerprint density at radius 3 is 2.15 bits per heavy atom. The zero-order valence-corrected chi connectivity index (χ0v) is 27.9. The van der Waals surface area contributed by atoms with Crippen molar-refractivity contribution in [2.75, 3.05) is 32.8 Å². The summed E-state index contributed by atoms with van der Waals surface area (Å²) in [5, 5.41) is 15.2. The van der Waals surface area contributed by atoms with E-state index in [1.165, 1.54) is 0 Å².